The van der Waals surface area contributed by atoms with E-state index in [1.54, 1.807) is 0 Å². The van der Waals surface area contributed by atoms with E-state index in [1.807, 2.05) is 0 Å². The van der Waals surface area contributed by atoms with Crippen LogP contribution in [0.15, 0.2) is 0 Å². The van der Waals surface area contributed by atoms with Crippen molar-refractivity contribution in [1.29, 1.82) is 0 Å². The van der Waals surface area contributed by atoms with Crippen LogP contribution >= 0.6 is 11.6 Å². The summed E-state index contributed by atoms with van der Waals surface area (Å²) in [4.78, 5) is 0. The van der Waals surface area contributed by atoms with Gasteiger partial charge in [0.2, 0.25) is 0 Å². The van der Waals surface area contributed by atoms with E-state index in [0.717, 1.165) is 0 Å². The maximum atomic E-state index is 6.33. The normalized spacial score (nSPS) is 12.9. The van der Waals surface area contributed by atoms with E-state index in [9.17, 15) is 0 Å². The van der Waals surface area contributed by atoms with Crippen LogP contribution in [0.1, 0.15) is 97.3 Å². The SMILES string of the molecule is CCCCCCCCC(Cl)CCCCCCC. The maximum Gasteiger partial charge on any atom is 0.0336 e. The first-order valence-corrected chi connectivity index (χ1v) is 8.39. The lowest BCUT2D eigenvalue weighted by Gasteiger charge is -2.09. The summed E-state index contributed by atoms with van der Waals surface area (Å²) in [5.74, 6) is 0. The van der Waals surface area contributed by atoms with Gasteiger partial charge in [-0.3, -0.25) is 0 Å². The lowest BCUT2D eigenvalue weighted by atomic mass is 10.0. The Morgan fingerprint density at radius 3 is 1.35 bits per heavy atom. The zero-order valence-corrected chi connectivity index (χ0v) is 12.9. The highest BCUT2D eigenvalue weighted by atomic mass is 35.5. The Balaban J connectivity index is 3.09. The third-order valence-electron chi connectivity index (χ3n) is 3.49. The van der Waals surface area contributed by atoms with Gasteiger partial charge in [-0.15, -0.1) is 11.6 Å². The lowest BCUT2D eigenvalue weighted by Crippen LogP contribution is -1.98. The van der Waals surface area contributed by atoms with Gasteiger partial charge in [-0.05, 0) is 12.8 Å². The van der Waals surface area contributed by atoms with E-state index in [1.165, 1.54) is 83.5 Å². The predicted octanol–water partition coefficient (Wildman–Crippen LogP) is 6.70. The number of hydrogen-bond donors (Lipinski definition) is 0. The molecule has 17 heavy (non-hydrogen) atoms. The molecule has 1 heteroatoms. The smallest absolute Gasteiger partial charge is 0.0336 e. The van der Waals surface area contributed by atoms with Gasteiger partial charge in [0, 0.05) is 5.38 Å². The monoisotopic (exact) mass is 260 g/mol. The van der Waals surface area contributed by atoms with Crippen LogP contribution in [0.4, 0.5) is 0 Å². The summed E-state index contributed by atoms with van der Waals surface area (Å²) < 4.78 is 0. The van der Waals surface area contributed by atoms with Crippen molar-refractivity contribution < 1.29 is 0 Å². The highest BCUT2D eigenvalue weighted by molar-refractivity contribution is 6.20. The molecule has 0 aliphatic heterocycles. The molecule has 0 N–H and O–H groups in total. The Morgan fingerprint density at radius 1 is 0.588 bits per heavy atom. The molecule has 0 spiro atoms. The molecule has 0 aliphatic carbocycles. The van der Waals surface area contributed by atoms with Crippen LogP contribution < -0.4 is 0 Å². The van der Waals surface area contributed by atoms with Crippen LogP contribution in [0.2, 0.25) is 0 Å². The molecule has 0 aromatic heterocycles. The van der Waals surface area contributed by atoms with E-state index in [4.69, 9.17) is 11.6 Å². The van der Waals surface area contributed by atoms with E-state index < -0.39 is 0 Å². The molecular weight excluding hydrogens is 228 g/mol. The summed E-state index contributed by atoms with van der Waals surface area (Å²) in [6.45, 7) is 4.54. The Bertz CT molecular complexity index is 133. The van der Waals surface area contributed by atoms with Crippen molar-refractivity contribution in [2.45, 2.75) is 103 Å². The van der Waals surface area contributed by atoms with Crippen LogP contribution in [0.3, 0.4) is 0 Å². The lowest BCUT2D eigenvalue weighted by molar-refractivity contribution is 0.543. The number of unbranched alkanes of at least 4 members (excludes halogenated alkanes) is 9. The third-order valence-corrected chi connectivity index (χ3v) is 3.93. The largest absolute Gasteiger partial charge is 0.123 e. The molecule has 104 valence electrons. The average molecular weight is 261 g/mol. The molecule has 0 saturated carbocycles. The topological polar surface area (TPSA) is 0 Å². The van der Waals surface area contributed by atoms with Crippen LogP contribution in [0.25, 0.3) is 0 Å². The van der Waals surface area contributed by atoms with Gasteiger partial charge in [-0.25, -0.2) is 0 Å². The molecule has 0 rings (SSSR count). The molecule has 0 radical (unpaired) electrons. The minimum Gasteiger partial charge on any atom is -0.123 e. The van der Waals surface area contributed by atoms with E-state index in [-0.39, 0.29) is 0 Å². The zero-order chi connectivity index (χ0) is 12.8. The van der Waals surface area contributed by atoms with E-state index >= 15 is 0 Å². The minimum atomic E-state index is 0.447. The molecule has 0 amide bonds. The van der Waals surface area contributed by atoms with Gasteiger partial charge in [0.15, 0.2) is 0 Å². The Morgan fingerprint density at radius 2 is 0.941 bits per heavy atom. The van der Waals surface area contributed by atoms with E-state index in [2.05, 4.69) is 13.8 Å². The van der Waals surface area contributed by atoms with Crippen LogP contribution in [-0.4, -0.2) is 5.38 Å². The van der Waals surface area contributed by atoms with E-state index in [0.29, 0.717) is 5.38 Å². The molecule has 0 aromatic rings. The van der Waals surface area contributed by atoms with Crippen LogP contribution in [0, 0.1) is 0 Å². The Hall–Kier alpha value is 0.290. The fourth-order valence-corrected chi connectivity index (χ4v) is 2.57. The molecule has 0 bridgehead atoms. The van der Waals surface area contributed by atoms with Crippen molar-refractivity contribution in [2.24, 2.45) is 0 Å². The minimum absolute atomic E-state index is 0.447. The fourth-order valence-electron chi connectivity index (χ4n) is 2.26. The van der Waals surface area contributed by atoms with Gasteiger partial charge in [0.1, 0.15) is 0 Å². The number of hydrogen-bond acceptors (Lipinski definition) is 0. The molecule has 0 aliphatic rings. The molecule has 0 nitrogen and oxygen atoms in total. The van der Waals surface area contributed by atoms with Crippen molar-refractivity contribution in [3.05, 3.63) is 0 Å². The highest BCUT2D eigenvalue weighted by Crippen LogP contribution is 2.17. The van der Waals surface area contributed by atoms with Crippen molar-refractivity contribution >= 4 is 11.6 Å². The molecule has 0 heterocycles. The molecule has 0 saturated heterocycles. The first-order chi connectivity index (χ1) is 8.31. The second kappa shape index (κ2) is 14.4. The maximum absolute atomic E-state index is 6.33. The first-order valence-electron chi connectivity index (χ1n) is 7.95. The molecular formula is C16H33Cl. The summed E-state index contributed by atoms with van der Waals surface area (Å²) in [7, 11) is 0. The predicted molar refractivity (Wildman–Crippen MR) is 81.0 cm³/mol. The van der Waals surface area contributed by atoms with Crippen LogP contribution in [0.5, 0.6) is 0 Å². The molecule has 0 fully saturated rings. The summed E-state index contributed by atoms with van der Waals surface area (Å²) >= 11 is 6.33. The van der Waals surface area contributed by atoms with Gasteiger partial charge in [0.05, 0.1) is 0 Å². The molecule has 0 aromatic carbocycles. The zero-order valence-electron chi connectivity index (χ0n) is 12.1. The molecule has 1 atom stereocenters. The Kier molecular flexibility index (Phi) is 14.6. The van der Waals surface area contributed by atoms with Gasteiger partial charge in [-0.1, -0.05) is 84.5 Å². The summed E-state index contributed by atoms with van der Waals surface area (Å²) in [5.41, 5.74) is 0. The summed E-state index contributed by atoms with van der Waals surface area (Å²) in [6, 6.07) is 0. The average Bonchev–Trinajstić information content (AvgIpc) is 2.33. The van der Waals surface area contributed by atoms with Crippen LogP contribution in [-0.2, 0) is 0 Å². The van der Waals surface area contributed by atoms with Gasteiger partial charge < -0.3 is 0 Å². The summed E-state index contributed by atoms with van der Waals surface area (Å²) in [5, 5.41) is 0.447. The number of halogens is 1. The second-order valence-corrected chi connectivity index (χ2v) is 5.97. The van der Waals surface area contributed by atoms with Gasteiger partial charge >= 0.3 is 0 Å². The van der Waals surface area contributed by atoms with Gasteiger partial charge in [-0.2, -0.15) is 0 Å². The summed E-state index contributed by atoms with van der Waals surface area (Å²) in [6.07, 6.45) is 17.6. The number of rotatable bonds is 13. The highest BCUT2D eigenvalue weighted by Gasteiger charge is 2.03. The van der Waals surface area contributed by atoms with Crippen molar-refractivity contribution in [3.8, 4) is 0 Å². The number of alkyl halides is 1. The first kappa shape index (κ1) is 17.3. The third kappa shape index (κ3) is 14.2. The van der Waals surface area contributed by atoms with Crippen molar-refractivity contribution in [2.75, 3.05) is 0 Å². The van der Waals surface area contributed by atoms with Gasteiger partial charge in [0.25, 0.3) is 0 Å². The second-order valence-electron chi connectivity index (χ2n) is 5.36. The molecule has 1 unspecified atom stereocenters. The standard InChI is InChI=1S/C16H33Cl/c1-3-5-7-9-11-13-15-16(17)14-12-10-8-6-4-2/h16H,3-15H2,1-2H3. The quantitative estimate of drug-likeness (QED) is 0.255. The van der Waals surface area contributed by atoms with Crippen molar-refractivity contribution in [1.82, 2.24) is 0 Å². The fraction of sp³-hybridized carbons (Fsp3) is 1.00. The Labute approximate surface area is 115 Å². The van der Waals surface area contributed by atoms with Crippen molar-refractivity contribution in [3.63, 3.8) is 0 Å².